The monoisotopic (exact) mass is 320 g/mol. The largest absolute Gasteiger partial charge is 0.433 e. The smallest absolute Gasteiger partial charge is 0.265 e. The number of hydrogen-bond acceptors (Lipinski definition) is 4. The quantitative estimate of drug-likeness (QED) is 0.536. The number of hydrazone groups is 1. The van der Waals surface area contributed by atoms with Gasteiger partial charge >= 0.3 is 6.18 Å². The molecule has 0 aliphatic rings. The standard InChI is InChI=1S/C11H8F4N4OS/c1-19-8(11(13,14)15)4-7(18-19)10(20)17-16-5-6-2-3-9(12)21-6/h2-5H,1H3,(H,17,20)/b16-5-. The lowest BCUT2D eigenvalue weighted by Crippen LogP contribution is -2.18. The van der Waals surface area contributed by atoms with E-state index in [4.69, 9.17) is 0 Å². The number of nitrogens with zero attached hydrogens (tertiary/aromatic N) is 3. The van der Waals surface area contributed by atoms with Crippen molar-refractivity contribution in [1.82, 2.24) is 15.2 Å². The van der Waals surface area contributed by atoms with Crippen LogP contribution in [-0.4, -0.2) is 21.9 Å². The molecule has 1 amide bonds. The topological polar surface area (TPSA) is 59.3 Å². The first-order chi connectivity index (χ1) is 9.77. The molecule has 2 heterocycles. The lowest BCUT2D eigenvalue weighted by atomic mass is 10.3. The average molecular weight is 320 g/mol. The highest BCUT2D eigenvalue weighted by Gasteiger charge is 2.35. The van der Waals surface area contributed by atoms with Gasteiger partial charge in [0.05, 0.1) is 11.1 Å². The number of carbonyl (C=O) groups excluding carboxylic acids is 1. The van der Waals surface area contributed by atoms with Gasteiger partial charge in [-0.25, -0.2) is 5.43 Å². The second kappa shape index (κ2) is 5.64. The number of aromatic nitrogens is 2. The molecule has 5 nitrogen and oxygen atoms in total. The summed E-state index contributed by atoms with van der Waals surface area (Å²) in [6.45, 7) is 0. The minimum Gasteiger partial charge on any atom is -0.265 e. The van der Waals surface area contributed by atoms with Gasteiger partial charge < -0.3 is 0 Å². The van der Waals surface area contributed by atoms with Crippen molar-refractivity contribution in [2.24, 2.45) is 12.1 Å². The number of rotatable bonds is 3. The molecule has 0 unspecified atom stereocenters. The summed E-state index contributed by atoms with van der Waals surface area (Å²) >= 11 is 0.809. The van der Waals surface area contributed by atoms with Gasteiger partial charge in [0.15, 0.2) is 10.8 Å². The SMILES string of the molecule is Cn1nc(C(=O)N/N=C\c2ccc(F)s2)cc1C(F)(F)F. The van der Waals surface area contributed by atoms with E-state index in [2.05, 4.69) is 10.2 Å². The van der Waals surface area contributed by atoms with E-state index in [1.807, 2.05) is 5.43 Å². The highest BCUT2D eigenvalue weighted by molar-refractivity contribution is 7.12. The third-order valence-corrected chi connectivity index (χ3v) is 3.16. The molecule has 0 aliphatic carbocycles. The zero-order chi connectivity index (χ0) is 15.6. The van der Waals surface area contributed by atoms with Gasteiger partial charge in [0.25, 0.3) is 5.91 Å². The predicted octanol–water partition coefficient (Wildman–Crippen LogP) is 2.40. The fourth-order valence-electron chi connectivity index (χ4n) is 1.45. The summed E-state index contributed by atoms with van der Waals surface area (Å²) in [6.07, 6.45) is -3.42. The molecule has 10 heteroatoms. The molecule has 2 rings (SSSR count). The Balaban J connectivity index is 2.06. The average Bonchev–Trinajstić information content (AvgIpc) is 2.95. The summed E-state index contributed by atoms with van der Waals surface area (Å²) in [4.78, 5) is 12.0. The van der Waals surface area contributed by atoms with Gasteiger partial charge in [-0.05, 0) is 12.1 Å². The first-order valence-electron chi connectivity index (χ1n) is 5.47. The van der Waals surface area contributed by atoms with Crippen LogP contribution in [0, 0.1) is 5.13 Å². The Morgan fingerprint density at radius 3 is 2.71 bits per heavy atom. The Labute approximate surface area is 119 Å². The van der Waals surface area contributed by atoms with Gasteiger partial charge in [-0.2, -0.15) is 27.8 Å². The Morgan fingerprint density at radius 2 is 2.19 bits per heavy atom. The molecule has 1 N–H and O–H groups in total. The van der Waals surface area contributed by atoms with Crippen LogP contribution in [0.1, 0.15) is 21.1 Å². The van der Waals surface area contributed by atoms with E-state index in [9.17, 15) is 22.4 Å². The number of aryl methyl sites for hydroxylation is 1. The number of halogens is 4. The van der Waals surface area contributed by atoms with E-state index < -0.39 is 28.6 Å². The molecule has 0 aliphatic heterocycles. The fraction of sp³-hybridized carbons (Fsp3) is 0.182. The van der Waals surface area contributed by atoms with Crippen LogP contribution in [0.4, 0.5) is 17.6 Å². The summed E-state index contributed by atoms with van der Waals surface area (Å²) < 4.78 is 50.9. The zero-order valence-electron chi connectivity index (χ0n) is 10.5. The molecule has 0 saturated heterocycles. The van der Waals surface area contributed by atoms with Gasteiger partial charge in [-0.1, -0.05) is 0 Å². The van der Waals surface area contributed by atoms with Crippen LogP contribution in [-0.2, 0) is 13.2 Å². The first kappa shape index (κ1) is 15.2. The summed E-state index contributed by atoms with van der Waals surface area (Å²) in [5.74, 6) is -0.894. The summed E-state index contributed by atoms with van der Waals surface area (Å²) in [5.41, 5.74) is 0.558. The molecule has 0 saturated carbocycles. The number of thiophene rings is 1. The van der Waals surface area contributed by atoms with Crippen LogP contribution < -0.4 is 5.43 Å². The van der Waals surface area contributed by atoms with E-state index in [-0.39, 0.29) is 0 Å². The van der Waals surface area contributed by atoms with Crippen molar-refractivity contribution in [3.8, 4) is 0 Å². The number of amides is 1. The molecular weight excluding hydrogens is 312 g/mol. The zero-order valence-corrected chi connectivity index (χ0v) is 11.3. The predicted molar refractivity (Wildman–Crippen MR) is 67.5 cm³/mol. The van der Waals surface area contributed by atoms with Crippen LogP contribution in [0.15, 0.2) is 23.3 Å². The molecule has 2 aromatic heterocycles. The number of alkyl halides is 3. The molecular formula is C11H8F4N4OS. The van der Waals surface area contributed by atoms with Crippen molar-refractivity contribution in [3.05, 3.63) is 39.6 Å². The van der Waals surface area contributed by atoms with E-state index in [0.717, 1.165) is 18.4 Å². The van der Waals surface area contributed by atoms with Crippen molar-refractivity contribution >= 4 is 23.5 Å². The fourth-order valence-corrected chi connectivity index (χ4v) is 2.06. The van der Waals surface area contributed by atoms with Crippen LogP contribution in [0.5, 0.6) is 0 Å². The lowest BCUT2D eigenvalue weighted by Gasteiger charge is -2.04. The van der Waals surface area contributed by atoms with Crippen LogP contribution in [0.25, 0.3) is 0 Å². The van der Waals surface area contributed by atoms with Gasteiger partial charge in [0.2, 0.25) is 0 Å². The first-order valence-corrected chi connectivity index (χ1v) is 6.29. The second-order valence-corrected chi connectivity index (χ2v) is 4.94. The molecule has 112 valence electrons. The Morgan fingerprint density at radius 1 is 1.48 bits per heavy atom. The van der Waals surface area contributed by atoms with Crippen LogP contribution in [0.3, 0.4) is 0 Å². The van der Waals surface area contributed by atoms with Crippen molar-refractivity contribution in [1.29, 1.82) is 0 Å². The molecule has 0 atom stereocenters. The van der Waals surface area contributed by atoms with Gasteiger partial charge in [0.1, 0.15) is 5.69 Å². The highest BCUT2D eigenvalue weighted by atomic mass is 32.1. The Hall–Kier alpha value is -2.23. The second-order valence-electron chi connectivity index (χ2n) is 3.88. The number of nitrogens with one attached hydrogen (secondary N) is 1. The maximum Gasteiger partial charge on any atom is 0.433 e. The third-order valence-electron chi connectivity index (χ3n) is 2.35. The van der Waals surface area contributed by atoms with Gasteiger partial charge in [-0.15, -0.1) is 11.3 Å². The Kier molecular flexibility index (Phi) is 4.07. The maximum absolute atomic E-state index is 12.7. The van der Waals surface area contributed by atoms with E-state index in [0.29, 0.717) is 15.6 Å². The number of hydrogen-bond donors (Lipinski definition) is 1. The van der Waals surface area contributed by atoms with Crippen LogP contribution >= 0.6 is 11.3 Å². The van der Waals surface area contributed by atoms with E-state index >= 15 is 0 Å². The molecule has 0 radical (unpaired) electrons. The molecule has 2 aromatic rings. The molecule has 0 spiro atoms. The highest BCUT2D eigenvalue weighted by Crippen LogP contribution is 2.29. The van der Waals surface area contributed by atoms with Crippen molar-refractivity contribution < 1.29 is 22.4 Å². The van der Waals surface area contributed by atoms with Gasteiger partial charge in [-0.3, -0.25) is 9.48 Å². The summed E-state index contributed by atoms with van der Waals surface area (Å²) in [6, 6.07) is 3.29. The summed E-state index contributed by atoms with van der Waals surface area (Å²) in [5, 5.41) is 6.57. The van der Waals surface area contributed by atoms with Gasteiger partial charge in [0, 0.05) is 13.1 Å². The molecule has 0 fully saturated rings. The normalized spacial score (nSPS) is 12.0. The van der Waals surface area contributed by atoms with E-state index in [1.54, 1.807) is 0 Å². The molecule has 21 heavy (non-hydrogen) atoms. The molecule has 0 aromatic carbocycles. The van der Waals surface area contributed by atoms with Crippen molar-refractivity contribution in [2.75, 3.05) is 0 Å². The summed E-state index contributed by atoms with van der Waals surface area (Å²) in [7, 11) is 1.08. The number of carbonyl (C=O) groups is 1. The minimum atomic E-state index is -4.60. The van der Waals surface area contributed by atoms with Crippen molar-refractivity contribution in [2.45, 2.75) is 6.18 Å². The maximum atomic E-state index is 12.7. The van der Waals surface area contributed by atoms with Crippen molar-refractivity contribution in [3.63, 3.8) is 0 Å². The Bertz CT molecular complexity index is 689. The minimum absolute atomic E-state index is 0.415. The molecule has 0 bridgehead atoms. The lowest BCUT2D eigenvalue weighted by molar-refractivity contribution is -0.143. The van der Waals surface area contributed by atoms with Crippen LogP contribution in [0.2, 0.25) is 0 Å². The third kappa shape index (κ3) is 3.66. The van der Waals surface area contributed by atoms with E-state index in [1.165, 1.54) is 18.3 Å².